The summed E-state index contributed by atoms with van der Waals surface area (Å²) in [4.78, 5) is 43.5. The van der Waals surface area contributed by atoms with Crippen molar-refractivity contribution in [2.45, 2.75) is 19.4 Å². The van der Waals surface area contributed by atoms with Gasteiger partial charge in [-0.3, -0.25) is 9.59 Å². The van der Waals surface area contributed by atoms with Gasteiger partial charge < -0.3 is 9.74 Å². The number of hydroxylamine groups is 2. The van der Waals surface area contributed by atoms with Gasteiger partial charge in [0.1, 0.15) is 28.0 Å². The van der Waals surface area contributed by atoms with Crippen molar-refractivity contribution in [1.29, 1.82) is 0 Å². The molecule has 1 unspecified atom stereocenters. The van der Waals surface area contributed by atoms with Crippen LogP contribution in [0.1, 0.15) is 34.3 Å². The number of hydrogen-bond donors (Lipinski definition) is 0. The number of anilines is 1. The maximum Gasteiger partial charge on any atom is 0.364 e. The van der Waals surface area contributed by atoms with E-state index in [1.807, 2.05) is 62.0 Å². The summed E-state index contributed by atoms with van der Waals surface area (Å²) in [6, 6.07) is 10.3. The van der Waals surface area contributed by atoms with E-state index in [1.54, 1.807) is 6.07 Å². The molecule has 2 heterocycles. The molecule has 0 bridgehead atoms. The molecule has 0 aromatic heterocycles. The van der Waals surface area contributed by atoms with Crippen molar-refractivity contribution in [3.05, 3.63) is 100 Å². The highest BCUT2D eigenvalue weighted by atomic mass is 28.3. The molecule has 0 radical (unpaired) electrons. The Kier molecular flexibility index (Phi) is 6.79. The second kappa shape index (κ2) is 9.98. The Hall–Kier alpha value is -4.37. The lowest BCUT2D eigenvalue weighted by atomic mass is 9.89. The Bertz CT molecular complexity index is 1610. The maximum atomic E-state index is 15.9. The van der Waals surface area contributed by atoms with Crippen LogP contribution in [0.25, 0.3) is 5.57 Å². The monoisotopic (exact) mass is 556 g/mol. The van der Waals surface area contributed by atoms with Crippen LogP contribution < -0.4 is 10.1 Å². The number of fused-ring (bicyclic) bond motifs is 2. The molecule has 7 nitrogen and oxygen atoms in total. The van der Waals surface area contributed by atoms with Crippen LogP contribution in [0.2, 0.25) is 6.55 Å². The maximum absolute atomic E-state index is 15.9. The Morgan fingerprint density at radius 3 is 2.35 bits per heavy atom. The molecule has 0 spiro atoms. The van der Waals surface area contributed by atoms with Crippen LogP contribution in [0.5, 0.6) is 0 Å². The Morgan fingerprint density at radius 2 is 1.75 bits per heavy atom. The molecular weight excluding hydrogens is 525 g/mol. The Morgan fingerprint density at radius 1 is 1.07 bits per heavy atom. The van der Waals surface area contributed by atoms with Gasteiger partial charge in [-0.05, 0) is 57.4 Å². The molecule has 3 aliphatic rings. The van der Waals surface area contributed by atoms with E-state index in [4.69, 9.17) is 4.84 Å². The molecule has 2 amide bonds. The second-order valence-electron chi connectivity index (χ2n) is 10.7. The highest BCUT2D eigenvalue weighted by Gasteiger charge is 2.42. The van der Waals surface area contributed by atoms with E-state index < -0.39 is 31.7 Å². The number of carbonyl (C=O) groups is 3. The summed E-state index contributed by atoms with van der Waals surface area (Å²) < 4.78 is 18.0. The molecule has 1 aliphatic carbocycles. The highest BCUT2D eigenvalue weighted by molar-refractivity contribution is 7.02. The standard InChI is InChI=1S/C31H31FN3O4Si/c1-7-40(6)26-17-20(33(2)3)9-12-23(26)30(24-13-10-21(34(4)5)18-27(24)40)22-11-8-19(16-25(22)32)31(38)39-35-28(36)14-15-29(35)37/h7-13,16-18H,1,14-15H2,2-6H3/q+1. The van der Waals surface area contributed by atoms with Crippen LogP contribution in [0, 0.1) is 5.82 Å². The number of hydrogen-bond acceptors (Lipinski definition) is 5. The van der Waals surface area contributed by atoms with Gasteiger partial charge in [-0.1, -0.05) is 24.4 Å². The molecule has 1 atom stereocenters. The van der Waals surface area contributed by atoms with Gasteiger partial charge in [0.25, 0.3) is 11.8 Å². The molecule has 2 aromatic carbocycles. The first-order valence-corrected chi connectivity index (χ1v) is 15.6. The fourth-order valence-electron chi connectivity index (χ4n) is 5.35. The number of carbonyl (C=O) groups excluding carboxylic acids is 3. The average Bonchev–Trinajstić information content (AvgIpc) is 3.25. The van der Waals surface area contributed by atoms with Crippen LogP contribution in [-0.4, -0.2) is 69.4 Å². The molecule has 0 N–H and O–H groups in total. The molecule has 2 aliphatic heterocycles. The number of amides is 2. The molecule has 204 valence electrons. The van der Waals surface area contributed by atoms with E-state index in [1.165, 1.54) is 6.07 Å². The fourth-order valence-corrected chi connectivity index (χ4v) is 8.52. The lowest BCUT2D eigenvalue weighted by Crippen LogP contribution is -2.51. The third kappa shape index (κ3) is 4.36. The summed E-state index contributed by atoms with van der Waals surface area (Å²) in [7, 11) is 5.51. The van der Waals surface area contributed by atoms with Crippen molar-refractivity contribution >= 4 is 48.0 Å². The SMILES string of the molecule is C=C[Si]1(C)C2=CC(=[N+](C)C)C=CC2=C(c2ccc(C(=O)ON3C(=O)CCC3=O)cc2F)c2ccc(N(C)C)cc21. The molecule has 2 aromatic rings. The molecule has 40 heavy (non-hydrogen) atoms. The number of benzene rings is 2. The second-order valence-corrected chi connectivity index (χ2v) is 14.6. The number of allylic oxidation sites excluding steroid dienone is 5. The lowest BCUT2D eigenvalue weighted by molar-refractivity contribution is -0.462. The van der Waals surface area contributed by atoms with Crippen LogP contribution in [0.15, 0.2) is 77.7 Å². The van der Waals surface area contributed by atoms with Crippen LogP contribution >= 0.6 is 0 Å². The van der Waals surface area contributed by atoms with Gasteiger partial charge in [0.15, 0.2) is 5.71 Å². The highest BCUT2D eigenvalue weighted by Crippen LogP contribution is 2.43. The average molecular weight is 557 g/mol. The van der Waals surface area contributed by atoms with Crippen LogP contribution in [-0.2, 0) is 14.4 Å². The van der Waals surface area contributed by atoms with Crippen molar-refractivity contribution in [3.8, 4) is 0 Å². The Labute approximate surface area is 233 Å². The van der Waals surface area contributed by atoms with Crippen molar-refractivity contribution < 1.29 is 28.2 Å². The van der Waals surface area contributed by atoms with Crippen molar-refractivity contribution in [3.63, 3.8) is 0 Å². The van der Waals surface area contributed by atoms with E-state index in [2.05, 4.69) is 31.0 Å². The summed E-state index contributed by atoms with van der Waals surface area (Å²) in [6.45, 7) is 6.50. The number of rotatable bonds is 5. The third-order valence-corrected chi connectivity index (χ3v) is 11.6. The zero-order valence-corrected chi connectivity index (χ0v) is 24.2. The minimum Gasteiger partial charge on any atom is -0.378 e. The van der Waals surface area contributed by atoms with Gasteiger partial charge in [0, 0.05) is 50.3 Å². The number of halogens is 1. The molecule has 1 fully saturated rings. The van der Waals surface area contributed by atoms with Gasteiger partial charge in [-0.25, -0.2) is 13.8 Å². The molecule has 0 saturated carbocycles. The quantitative estimate of drug-likeness (QED) is 0.319. The van der Waals surface area contributed by atoms with Gasteiger partial charge in [-0.15, -0.1) is 11.6 Å². The zero-order chi connectivity index (χ0) is 28.9. The van der Waals surface area contributed by atoms with Crippen LogP contribution in [0.4, 0.5) is 10.1 Å². The molecule has 1 saturated heterocycles. The largest absolute Gasteiger partial charge is 0.378 e. The molecule has 5 rings (SSSR count). The van der Waals surface area contributed by atoms with Crippen molar-refractivity contribution in [2.75, 3.05) is 33.1 Å². The summed E-state index contributed by atoms with van der Waals surface area (Å²) in [6.07, 6.45) is 6.18. The van der Waals surface area contributed by atoms with Crippen LogP contribution in [0.3, 0.4) is 0 Å². The summed E-state index contributed by atoms with van der Waals surface area (Å²) in [5.74, 6) is -2.77. The van der Waals surface area contributed by atoms with Crippen molar-refractivity contribution in [2.24, 2.45) is 0 Å². The van der Waals surface area contributed by atoms with E-state index in [0.29, 0.717) is 10.6 Å². The van der Waals surface area contributed by atoms with E-state index >= 15 is 4.39 Å². The predicted molar refractivity (Wildman–Crippen MR) is 155 cm³/mol. The lowest BCUT2D eigenvalue weighted by Gasteiger charge is -2.38. The summed E-state index contributed by atoms with van der Waals surface area (Å²) in [5, 5.41) is 2.71. The van der Waals surface area contributed by atoms with Gasteiger partial charge >= 0.3 is 5.97 Å². The Balaban J connectivity index is 1.68. The summed E-state index contributed by atoms with van der Waals surface area (Å²) >= 11 is 0. The third-order valence-electron chi connectivity index (χ3n) is 7.76. The van der Waals surface area contributed by atoms with E-state index in [9.17, 15) is 14.4 Å². The first kappa shape index (κ1) is 27.2. The fraction of sp³-hybridized carbons (Fsp3) is 0.226. The van der Waals surface area contributed by atoms with Gasteiger partial charge in [-0.2, -0.15) is 0 Å². The number of imide groups is 1. The predicted octanol–water partition coefficient (Wildman–Crippen LogP) is 3.69. The summed E-state index contributed by atoms with van der Waals surface area (Å²) in [5.41, 5.74) is 6.96. The van der Waals surface area contributed by atoms with Crippen molar-refractivity contribution in [1.82, 2.24) is 5.06 Å². The topological polar surface area (TPSA) is 69.9 Å². The smallest absolute Gasteiger partial charge is 0.364 e. The minimum absolute atomic E-state index is 0.0193. The first-order chi connectivity index (χ1) is 19.0. The number of nitrogens with zero attached hydrogens (tertiary/aromatic N) is 3. The zero-order valence-electron chi connectivity index (χ0n) is 23.2. The van der Waals surface area contributed by atoms with Gasteiger partial charge in [0.05, 0.1) is 5.56 Å². The normalized spacial score (nSPS) is 19.8. The molecule has 9 heteroatoms. The van der Waals surface area contributed by atoms with E-state index in [0.717, 1.165) is 44.6 Å². The van der Waals surface area contributed by atoms with E-state index in [-0.39, 0.29) is 18.4 Å². The van der Waals surface area contributed by atoms with Gasteiger partial charge in [0.2, 0.25) is 0 Å². The molecular formula is C31H31FN3O4Si+. The minimum atomic E-state index is -2.44. The first-order valence-electron chi connectivity index (χ1n) is 13.0.